The molecule has 1 N–H and O–H groups in total. The summed E-state index contributed by atoms with van der Waals surface area (Å²) in [6.07, 6.45) is 7.86. The Bertz CT molecular complexity index is 277. The second kappa shape index (κ2) is 4.55. The Hall–Kier alpha value is -0.900. The minimum Gasteiger partial charge on any atom is -0.314 e. The smallest absolute Gasteiger partial charge is 0.138 e. The van der Waals surface area contributed by atoms with E-state index in [1.54, 1.807) is 6.33 Å². The van der Waals surface area contributed by atoms with Crippen LogP contribution in [0.15, 0.2) is 6.33 Å². The highest BCUT2D eigenvalue weighted by Crippen LogP contribution is 2.18. The predicted molar refractivity (Wildman–Crippen MR) is 55.0 cm³/mol. The van der Waals surface area contributed by atoms with Crippen LogP contribution in [0.25, 0.3) is 0 Å². The van der Waals surface area contributed by atoms with Gasteiger partial charge >= 0.3 is 0 Å². The lowest BCUT2D eigenvalue weighted by atomic mass is 10.2. The van der Waals surface area contributed by atoms with Crippen molar-refractivity contribution in [1.82, 2.24) is 20.1 Å². The highest BCUT2D eigenvalue weighted by Gasteiger charge is 2.19. The van der Waals surface area contributed by atoms with Crippen LogP contribution in [-0.2, 0) is 13.5 Å². The molecule has 1 aliphatic carbocycles. The molecule has 0 atom stereocenters. The van der Waals surface area contributed by atoms with Gasteiger partial charge in [-0.15, -0.1) is 0 Å². The fourth-order valence-corrected chi connectivity index (χ4v) is 1.55. The molecule has 1 aromatic rings. The number of hydrogen-bond donors (Lipinski definition) is 1. The molecule has 78 valence electrons. The van der Waals surface area contributed by atoms with Crippen molar-refractivity contribution in [3.63, 3.8) is 0 Å². The summed E-state index contributed by atoms with van der Waals surface area (Å²) in [4.78, 5) is 4.19. The van der Waals surface area contributed by atoms with Crippen LogP contribution < -0.4 is 5.32 Å². The zero-order chi connectivity index (χ0) is 9.80. The normalized spacial score (nSPS) is 16.1. The second-order valence-corrected chi connectivity index (χ2v) is 3.99. The second-order valence-electron chi connectivity index (χ2n) is 3.99. The third kappa shape index (κ3) is 2.80. The first-order valence-electron chi connectivity index (χ1n) is 5.42. The van der Waals surface area contributed by atoms with Gasteiger partial charge in [0.2, 0.25) is 0 Å². The summed E-state index contributed by atoms with van der Waals surface area (Å²) in [5.74, 6) is 1.09. The van der Waals surface area contributed by atoms with Crippen LogP contribution in [-0.4, -0.2) is 27.4 Å². The van der Waals surface area contributed by atoms with Gasteiger partial charge in [0.25, 0.3) is 0 Å². The maximum atomic E-state index is 4.19. The molecule has 0 aliphatic heterocycles. The van der Waals surface area contributed by atoms with E-state index in [1.165, 1.54) is 25.7 Å². The minimum absolute atomic E-state index is 0.838. The van der Waals surface area contributed by atoms with Crippen molar-refractivity contribution in [3.8, 4) is 0 Å². The molecule has 1 fully saturated rings. The molecule has 1 aliphatic rings. The molecule has 1 saturated carbocycles. The first kappa shape index (κ1) is 9.65. The van der Waals surface area contributed by atoms with E-state index in [0.29, 0.717) is 0 Å². The van der Waals surface area contributed by atoms with Crippen molar-refractivity contribution in [2.45, 2.75) is 38.1 Å². The molecule has 4 nitrogen and oxygen atoms in total. The van der Waals surface area contributed by atoms with E-state index in [2.05, 4.69) is 15.4 Å². The van der Waals surface area contributed by atoms with Crippen LogP contribution >= 0.6 is 0 Å². The van der Waals surface area contributed by atoms with Crippen molar-refractivity contribution < 1.29 is 0 Å². The van der Waals surface area contributed by atoms with E-state index in [1.807, 2.05) is 11.7 Å². The first-order valence-corrected chi connectivity index (χ1v) is 5.42. The van der Waals surface area contributed by atoms with Gasteiger partial charge in [-0.2, -0.15) is 5.10 Å². The zero-order valence-electron chi connectivity index (χ0n) is 8.74. The highest BCUT2D eigenvalue weighted by molar-refractivity contribution is 4.84. The van der Waals surface area contributed by atoms with Gasteiger partial charge in [0.05, 0.1) is 0 Å². The fourth-order valence-electron chi connectivity index (χ4n) is 1.55. The van der Waals surface area contributed by atoms with Gasteiger partial charge in [0.15, 0.2) is 0 Å². The quantitative estimate of drug-likeness (QED) is 0.684. The summed E-state index contributed by atoms with van der Waals surface area (Å²) < 4.78 is 1.86. The standard InChI is InChI=1S/C10H18N4/c1-14-10(12-8-13-14)4-2-3-7-11-9-5-6-9/h8-9,11H,2-7H2,1H3. The Morgan fingerprint density at radius 3 is 3.00 bits per heavy atom. The van der Waals surface area contributed by atoms with Crippen molar-refractivity contribution in [1.29, 1.82) is 0 Å². The summed E-state index contributed by atoms with van der Waals surface area (Å²) in [6.45, 7) is 1.16. The van der Waals surface area contributed by atoms with Crippen LogP contribution in [0.3, 0.4) is 0 Å². The molecular formula is C10H18N4. The van der Waals surface area contributed by atoms with E-state index in [0.717, 1.165) is 24.8 Å². The number of hydrogen-bond acceptors (Lipinski definition) is 3. The highest BCUT2D eigenvalue weighted by atomic mass is 15.3. The van der Waals surface area contributed by atoms with E-state index < -0.39 is 0 Å². The molecule has 0 aromatic carbocycles. The van der Waals surface area contributed by atoms with Crippen molar-refractivity contribution in [2.75, 3.05) is 6.54 Å². The maximum Gasteiger partial charge on any atom is 0.138 e. The van der Waals surface area contributed by atoms with Crippen LogP contribution in [0.4, 0.5) is 0 Å². The molecule has 2 rings (SSSR count). The summed E-state index contributed by atoms with van der Waals surface area (Å²) in [5.41, 5.74) is 0. The van der Waals surface area contributed by atoms with Gasteiger partial charge in [-0.1, -0.05) is 0 Å². The van der Waals surface area contributed by atoms with E-state index in [-0.39, 0.29) is 0 Å². The summed E-state index contributed by atoms with van der Waals surface area (Å²) >= 11 is 0. The molecule has 1 heterocycles. The van der Waals surface area contributed by atoms with Gasteiger partial charge < -0.3 is 5.32 Å². The third-order valence-corrected chi connectivity index (χ3v) is 2.64. The summed E-state index contributed by atoms with van der Waals surface area (Å²) in [5, 5.41) is 7.55. The average molecular weight is 194 g/mol. The van der Waals surface area contributed by atoms with Gasteiger partial charge in [0, 0.05) is 19.5 Å². The Morgan fingerprint density at radius 1 is 1.50 bits per heavy atom. The van der Waals surface area contributed by atoms with Gasteiger partial charge in [0.1, 0.15) is 12.2 Å². The lowest BCUT2D eigenvalue weighted by Crippen LogP contribution is -2.17. The van der Waals surface area contributed by atoms with Gasteiger partial charge in [-0.3, -0.25) is 4.68 Å². The predicted octanol–water partition coefficient (Wildman–Crippen LogP) is 0.890. The Morgan fingerprint density at radius 2 is 2.36 bits per heavy atom. The van der Waals surface area contributed by atoms with E-state index in [9.17, 15) is 0 Å². The van der Waals surface area contributed by atoms with Gasteiger partial charge in [-0.25, -0.2) is 4.98 Å². The number of aryl methyl sites for hydroxylation is 2. The SMILES string of the molecule is Cn1ncnc1CCCCNC1CC1. The Balaban J connectivity index is 1.56. The number of aromatic nitrogens is 3. The summed E-state index contributed by atoms with van der Waals surface area (Å²) in [6, 6.07) is 0.838. The first-order chi connectivity index (χ1) is 6.86. The lowest BCUT2D eigenvalue weighted by Gasteiger charge is -2.02. The number of nitrogens with zero attached hydrogens (tertiary/aromatic N) is 3. The van der Waals surface area contributed by atoms with Gasteiger partial charge in [-0.05, 0) is 32.2 Å². The fraction of sp³-hybridized carbons (Fsp3) is 0.800. The largest absolute Gasteiger partial charge is 0.314 e. The molecule has 1 aromatic heterocycles. The van der Waals surface area contributed by atoms with Crippen LogP contribution in [0, 0.1) is 0 Å². The molecule has 0 spiro atoms. The molecule has 4 heteroatoms. The number of rotatable bonds is 6. The molecule has 0 amide bonds. The average Bonchev–Trinajstić information content (AvgIpc) is 2.91. The van der Waals surface area contributed by atoms with Crippen LogP contribution in [0.1, 0.15) is 31.5 Å². The Labute approximate surface area is 84.7 Å². The zero-order valence-corrected chi connectivity index (χ0v) is 8.74. The van der Waals surface area contributed by atoms with Crippen LogP contribution in [0.5, 0.6) is 0 Å². The molecule has 0 saturated heterocycles. The summed E-state index contributed by atoms with van der Waals surface area (Å²) in [7, 11) is 1.95. The van der Waals surface area contributed by atoms with Crippen molar-refractivity contribution in [2.24, 2.45) is 7.05 Å². The molecular weight excluding hydrogens is 176 g/mol. The molecule has 14 heavy (non-hydrogen) atoms. The number of nitrogens with one attached hydrogen (secondary N) is 1. The number of unbranched alkanes of at least 4 members (excludes halogenated alkanes) is 1. The van der Waals surface area contributed by atoms with E-state index in [4.69, 9.17) is 0 Å². The molecule has 0 radical (unpaired) electrons. The molecule has 0 unspecified atom stereocenters. The van der Waals surface area contributed by atoms with Crippen molar-refractivity contribution in [3.05, 3.63) is 12.2 Å². The molecule has 0 bridgehead atoms. The lowest BCUT2D eigenvalue weighted by molar-refractivity contribution is 0.598. The van der Waals surface area contributed by atoms with Crippen LogP contribution in [0.2, 0.25) is 0 Å². The topological polar surface area (TPSA) is 42.7 Å². The Kier molecular flexibility index (Phi) is 3.14. The van der Waals surface area contributed by atoms with E-state index >= 15 is 0 Å². The monoisotopic (exact) mass is 194 g/mol. The van der Waals surface area contributed by atoms with Crippen molar-refractivity contribution >= 4 is 0 Å². The third-order valence-electron chi connectivity index (χ3n) is 2.64. The maximum absolute atomic E-state index is 4.19. The minimum atomic E-state index is 0.838.